The Morgan fingerprint density at radius 2 is 2.15 bits per heavy atom. The van der Waals surface area contributed by atoms with Crippen LogP contribution in [0.25, 0.3) is 0 Å². The van der Waals surface area contributed by atoms with Crippen LogP contribution < -0.4 is 4.72 Å². The molecule has 1 N–H and O–H groups in total. The van der Waals surface area contributed by atoms with E-state index in [0.29, 0.717) is 12.5 Å². The standard InChI is InChI=1S/C8H18N2O2S/c1-7(2)4-5-8-6-9-13(11,12)10(8)3/h7-9H,4-6H2,1-3H3. The zero-order chi connectivity index (χ0) is 10.1. The molecule has 1 atom stereocenters. The SMILES string of the molecule is CC(C)CCC1CNS(=O)(=O)N1C. The van der Waals surface area contributed by atoms with Crippen LogP contribution in [0.4, 0.5) is 0 Å². The van der Waals surface area contributed by atoms with Gasteiger partial charge in [-0.05, 0) is 18.8 Å². The van der Waals surface area contributed by atoms with Crippen molar-refractivity contribution in [1.29, 1.82) is 0 Å². The topological polar surface area (TPSA) is 49.4 Å². The molecule has 13 heavy (non-hydrogen) atoms. The first kappa shape index (κ1) is 10.9. The first-order chi connectivity index (χ1) is 5.93. The van der Waals surface area contributed by atoms with Crippen LogP contribution in [-0.4, -0.2) is 32.4 Å². The van der Waals surface area contributed by atoms with Crippen LogP contribution >= 0.6 is 0 Å². The lowest BCUT2D eigenvalue weighted by molar-refractivity contribution is 0.363. The minimum absolute atomic E-state index is 0.146. The molecule has 1 aliphatic heterocycles. The van der Waals surface area contributed by atoms with Crippen molar-refractivity contribution in [2.45, 2.75) is 32.7 Å². The van der Waals surface area contributed by atoms with Crippen LogP contribution in [0, 0.1) is 5.92 Å². The van der Waals surface area contributed by atoms with Gasteiger partial charge < -0.3 is 0 Å². The van der Waals surface area contributed by atoms with Crippen molar-refractivity contribution in [2.75, 3.05) is 13.6 Å². The summed E-state index contributed by atoms with van der Waals surface area (Å²) >= 11 is 0. The van der Waals surface area contributed by atoms with E-state index in [1.54, 1.807) is 7.05 Å². The van der Waals surface area contributed by atoms with Crippen molar-refractivity contribution >= 4 is 10.2 Å². The fraction of sp³-hybridized carbons (Fsp3) is 1.00. The van der Waals surface area contributed by atoms with E-state index >= 15 is 0 Å². The Labute approximate surface area is 80.5 Å². The van der Waals surface area contributed by atoms with E-state index in [-0.39, 0.29) is 6.04 Å². The highest BCUT2D eigenvalue weighted by atomic mass is 32.2. The monoisotopic (exact) mass is 206 g/mol. The molecule has 1 aliphatic rings. The molecule has 0 aromatic rings. The first-order valence-electron chi connectivity index (χ1n) is 4.66. The molecular weight excluding hydrogens is 188 g/mol. The van der Waals surface area contributed by atoms with Gasteiger partial charge in [-0.25, -0.2) is 4.72 Å². The molecule has 5 heteroatoms. The van der Waals surface area contributed by atoms with Crippen molar-refractivity contribution in [3.8, 4) is 0 Å². The van der Waals surface area contributed by atoms with E-state index in [2.05, 4.69) is 18.6 Å². The summed E-state index contributed by atoms with van der Waals surface area (Å²) in [6.07, 6.45) is 2.02. The number of likely N-dealkylation sites (N-methyl/N-ethyl adjacent to an activating group) is 1. The predicted molar refractivity (Wildman–Crippen MR) is 52.5 cm³/mol. The van der Waals surface area contributed by atoms with Gasteiger partial charge in [-0.15, -0.1) is 0 Å². The van der Waals surface area contributed by atoms with E-state index in [9.17, 15) is 8.42 Å². The second-order valence-electron chi connectivity index (χ2n) is 3.99. The third-order valence-corrected chi connectivity index (χ3v) is 4.06. The maximum Gasteiger partial charge on any atom is 0.279 e. The van der Waals surface area contributed by atoms with E-state index < -0.39 is 10.2 Å². The second kappa shape index (κ2) is 3.94. The molecule has 78 valence electrons. The van der Waals surface area contributed by atoms with Gasteiger partial charge in [0.1, 0.15) is 0 Å². The lowest BCUT2D eigenvalue weighted by atomic mass is 10.0. The fourth-order valence-electron chi connectivity index (χ4n) is 1.44. The maximum absolute atomic E-state index is 11.2. The summed E-state index contributed by atoms with van der Waals surface area (Å²) < 4.78 is 26.4. The zero-order valence-electron chi connectivity index (χ0n) is 8.45. The summed E-state index contributed by atoms with van der Waals surface area (Å²) in [7, 11) is -1.50. The molecule has 0 aromatic heterocycles. The molecule has 0 aliphatic carbocycles. The van der Waals surface area contributed by atoms with Gasteiger partial charge in [0.2, 0.25) is 0 Å². The van der Waals surface area contributed by atoms with E-state index in [0.717, 1.165) is 12.8 Å². The molecule has 0 bridgehead atoms. The van der Waals surface area contributed by atoms with Crippen LogP contribution in [0.15, 0.2) is 0 Å². The van der Waals surface area contributed by atoms with Gasteiger partial charge in [-0.2, -0.15) is 12.7 Å². The number of nitrogens with one attached hydrogen (secondary N) is 1. The van der Waals surface area contributed by atoms with Gasteiger partial charge in [0.05, 0.1) is 0 Å². The van der Waals surface area contributed by atoms with Crippen molar-refractivity contribution in [2.24, 2.45) is 5.92 Å². The van der Waals surface area contributed by atoms with Crippen molar-refractivity contribution < 1.29 is 8.42 Å². The third kappa shape index (κ3) is 2.65. The van der Waals surface area contributed by atoms with Gasteiger partial charge in [-0.1, -0.05) is 13.8 Å². The summed E-state index contributed by atoms with van der Waals surface area (Å²) in [4.78, 5) is 0. The van der Waals surface area contributed by atoms with Crippen molar-refractivity contribution in [3.63, 3.8) is 0 Å². The normalized spacial score (nSPS) is 28.5. The van der Waals surface area contributed by atoms with Crippen LogP contribution in [0.1, 0.15) is 26.7 Å². The highest BCUT2D eigenvalue weighted by molar-refractivity contribution is 7.87. The predicted octanol–water partition coefficient (Wildman–Crippen LogP) is 0.571. The summed E-state index contributed by atoms with van der Waals surface area (Å²) in [6, 6.07) is 0.146. The Kier molecular flexibility index (Phi) is 3.32. The highest BCUT2D eigenvalue weighted by Gasteiger charge is 2.32. The van der Waals surface area contributed by atoms with E-state index in [1.807, 2.05) is 0 Å². The van der Waals surface area contributed by atoms with E-state index in [1.165, 1.54) is 4.31 Å². The molecule has 4 nitrogen and oxygen atoms in total. The maximum atomic E-state index is 11.2. The van der Waals surface area contributed by atoms with Crippen LogP contribution in [0.3, 0.4) is 0 Å². The summed E-state index contributed by atoms with van der Waals surface area (Å²) in [5, 5.41) is 0. The Morgan fingerprint density at radius 3 is 2.54 bits per heavy atom. The molecule has 0 aromatic carbocycles. The fourth-order valence-corrected chi connectivity index (χ4v) is 2.62. The van der Waals surface area contributed by atoms with Crippen LogP contribution in [0.2, 0.25) is 0 Å². The molecule has 1 rings (SSSR count). The summed E-state index contributed by atoms with van der Waals surface area (Å²) in [5.41, 5.74) is 0. The number of hydrogen-bond donors (Lipinski definition) is 1. The highest BCUT2D eigenvalue weighted by Crippen LogP contribution is 2.16. The lowest BCUT2D eigenvalue weighted by Gasteiger charge is -2.17. The minimum Gasteiger partial charge on any atom is -0.201 e. The molecule has 1 fully saturated rings. The second-order valence-corrected chi connectivity index (χ2v) is 5.81. The molecule has 1 saturated heterocycles. The Morgan fingerprint density at radius 1 is 1.54 bits per heavy atom. The van der Waals surface area contributed by atoms with Gasteiger partial charge in [0, 0.05) is 19.6 Å². The number of rotatable bonds is 3. The van der Waals surface area contributed by atoms with Gasteiger partial charge >= 0.3 is 0 Å². The quantitative estimate of drug-likeness (QED) is 0.734. The molecule has 0 amide bonds. The van der Waals surface area contributed by atoms with Crippen molar-refractivity contribution in [3.05, 3.63) is 0 Å². The Balaban J connectivity index is 2.47. The summed E-state index contributed by atoms with van der Waals surface area (Å²) in [5.74, 6) is 0.636. The molecule has 1 heterocycles. The molecule has 1 unspecified atom stereocenters. The molecular formula is C8H18N2O2S. The van der Waals surface area contributed by atoms with Gasteiger partial charge in [-0.3, -0.25) is 0 Å². The molecule has 0 spiro atoms. The largest absolute Gasteiger partial charge is 0.279 e. The number of nitrogens with zero attached hydrogens (tertiary/aromatic N) is 1. The average Bonchev–Trinajstić information content (AvgIpc) is 2.25. The minimum atomic E-state index is -3.14. The van der Waals surface area contributed by atoms with Crippen molar-refractivity contribution in [1.82, 2.24) is 9.03 Å². The third-order valence-electron chi connectivity index (χ3n) is 2.47. The van der Waals surface area contributed by atoms with Crippen LogP contribution in [0.5, 0.6) is 0 Å². The first-order valence-corrected chi connectivity index (χ1v) is 6.10. The molecule has 0 saturated carbocycles. The van der Waals surface area contributed by atoms with E-state index in [4.69, 9.17) is 0 Å². The van der Waals surface area contributed by atoms with Gasteiger partial charge in [0.15, 0.2) is 0 Å². The van der Waals surface area contributed by atoms with Crippen LogP contribution in [-0.2, 0) is 10.2 Å². The zero-order valence-corrected chi connectivity index (χ0v) is 9.26. The van der Waals surface area contributed by atoms with Gasteiger partial charge in [0.25, 0.3) is 10.2 Å². The number of hydrogen-bond acceptors (Lipinski definition) is 2. The Bertz CT molecular complexity index is 261. The average molecular weight is 206 g/mol. The lowest BCUT2D eigenvalue weighted by Crippen LogP contribution is -2.30. The Hall–Kier alpha value is -0.130. The smallest absolute Gasteiger partial charge is 0.201 e. The summed E-state index contributed by atoms with van der Waals surface area (Å²) in [6.45, 7) is 4.86. The molecule has 0 radical (unpaired) electrons.